The number of aromatic nitrogens is 9. The standard InChI is InChI=1S/2C22H21N2O.C19H15N2O.3C13H12N.3Ir/c1-12(2)18-11-23-19(10-14(18)4)16-8-6-13(3)20-17-9-7-15(5)24-22(17)25-21(16)20;1-12(2)18-11-23-19(10-13(18)3)16-7-6-8-17-20-14(4)9-15(5)24-22(20)25-21(16)17;1-11-7-8-14(15-6-4-5-9-20-15)18-16(11)17-12(2)10-13(3)21-19(17)22-18;3*1-10-8-13(14-9-11(10)2)12-6-4-3-5-7-12;;;/h6-7,9-12H,1-5H3;6,8-12H,1-5H3;4-7,9-10H,1-3H3;3*3-6,8-9H,1-2H3;;;/q6*-1;;;/i1D3,3D3,4D3,12D;1D3,3D3,12D;1D3,2D3;3*2D3;;;. The minimum Gasteiger partial charge on any atom is -0.486 e. The molecular weight excluding hydrogens is 1980 g/mol. The molecule has 12 aromatic heterocycles. The first-order valence-corrected chi connectivity index (χ1v) is 35.7. The summed E-state index contributed by atoms with van der Waals surface area (Å²) in [6, 6.07) is 66.7. The molecule has 0 aliphatic rings. The molecule has 0 aliphatic carbocycles. The van der Waals surface area contributed by atoms with Gasteiger partial charge < -0.3 is 43.2 Å². The molecule has 0 saturated heterocycles. The van der Waals surface area contributed by atoms with Gasteiger partial charge >= 0.3 is 0 Å². The van der Waals surface area contributed by atoms with Crippen molar-refractivity contribution in [2.24, 2.45) is 0 Å². The summed E-state index contributed by atoms with van der Waals surface area (Å²) in [6.07, 6.45) is 8.12. The SMILES string of the molecule is [2H]C([2H])([2H])c1cc(-c2[c-]cc(C([2H])([2H])[2H])c3c2oc2nc(C)ccc23)ncc1C([2H])(C)C([2H])([2H])[2H].[2H]C([2H])([2H])c1cc(-c2[c-]ccc3c2oc2nc(C)cc(C)c23)ncc1C([2H])(C)C([2H])([2H])[2H].[2H]C([2H])([2H])c1cc(C)nc2oc3c(-c4ccccn4)[c-]cc(C([2H])([2H])[2H])c3c12.[2H]C([2H])([2H])c1cnc(-c2[c-]cccc2)cc1C.[2H]C([2H])([2H])c1cnc(-c2[c-]cccc2)cc1C.[2H]C([2H])([2H])c1cnc(-c2[c-]cccc2)cc1C.[Ir].[Ir].[Ir]. The van der Waals surface area contributed by atoms with Crippen LogP contribution in [-0.2, 0) is 60.3 Å². The average molecular weight is 2100 g/mol. The Balaban J connectivity index is 0.000000186. The number of benzene rings is 6. The molecule has 0 bridgehead atoms. The van der Waals surface area contributed by atoms with Crippen LogP contribution in [0.4, 0.5) is 0 Å². The quantitative estimate of drug-likeness (QED) is 0.133. The van der Waals surface area contributed by atoms with Crippen molar-refractivity contribution in [2.75, 3.05) is 0 Å². The fraction of sp³-hybridized carbons (Fsp3) is 0.206. The van der Waals surface area contributed by atoms with Gasteiger partial charge in [-0.05, 0) is 205 Å². The van der Waals surface area contributed by atoms with Gasteiger partial charge in [0.2, 0.25) is 17.1 Å². The summed E-state index contributed by atoms with van der Waals surface area (Å²) in [6.45, 7) is -9.73. The molecule has 18 rings (SSSR count). The molecule has 2 atom stereocenters. The van der Waals surface area contributed by atoms with E-state index in [1.807, 2.05) is 98.8 Å². The molecule has 0 fully saturated rings. The molecule has 597 valence electrons. The largest absolute Gasteiger partial charge is 0.486 e. The maximum Gasteiger partial charge on any atom is 0.216 e. The molecule has 12 nitrogen and oxygen atoms in total. The normalized spacial score (nSPS) is 16.9. The first-order valence-electron chi connectivity index (χ1n) is 51.7. The van der Waals surface area contributed by atoms with Crippen molar-refractivity contribution in [1.29, 1.82) is 0 Å². The second-order valence-corrected chi connectivity index (χ2v) is 26.7. The Bertz CT molecular complexity index is 7620. The topological polar surface area (TPSA) is 155 Å². The van der Waals surface area contributed by atoms with Crippen molar-refractivity contribution in [1.82, 2.24) is 44.9 Å². The Morgan fingerprint density at radius 3 is 1.21 bits per heavy atom. The van der Waals surface area contributed by atoms with Crippen LogP contribution in [-0.4, -0.2) is 44.9 Å². The summed E-state index contributed by atoms with van der Waals surface area (Å²) in [4.78, 5) is 38.5. The Morgan fingerprint density at radius 2 is 0.744 bits per heavy atom. The number of aryl methyl sites for hydroxylation is 15. The van der Waals surface area contributed by atoms with E-state index in [2.05, 4.69) is 81.3 Å². The number of furan rings is 3. The van der Waals surface area contributed by atoms with Crippen molar-refractivity contribution in [3.8, 4) is 67.5 Å². The van der Waals surface area contributed by atoms with E-state index in [0.29, 0.717) is 61.6 Å². The van der Waals surface area contributed by atoms with Crippen LogP contribution in [0.25, 0.3) is 134 Å². The molecule has 2 unspecified atom stereocenters. The molecule has 117 heavy (non-hydrogen) atoms. The predicted octanol–water partition coefficient (Wildman–Crippen LogP) is 26.0. The summed E-state index contributed by atoms with van der Waals surface area (Å²) < 4.78 is 266. The first kappa shape index (κ1) is 54.1. The fourth-order valence-corrected chi connectivity index (χ4v) is 12.5. The second kappa shape index (κ2) is 39.3. The number of hydrogen-bond acceptors (Lipinski definition) is 12. The molecule has 0 N–H and O–H groups in total. The Hall–Kier alpha value is -11.0. The van der Waals surface area contributed by atoms with Crippen LogP contribution in [0.3, 0.4) is 0 Å². The zero-order valence-electron chi connectivity index (χ0n) is 96.4. The van der Waals surface area contributed by atoms with E-state index in [0.717, 1.165) is 85.6 Å². The average Bonchev–Trinajstić information content (AvgIpc) is 1.50. The molecule has 6 aromatic carbocycles. The van der Waals surface area contributed by atoms with Gasteiger partial charge in [-0.3, -0.25) is 0 Å². The third-order valence-electron chi connectivity index (χ3n) is 18.3. The van der Waals surface area contributed by atoms with Gasteiger partial charge in [0.05, 0.1) is 16.7 Å². The third kappa shape index (κ3) is 20.2. The van der Waals surface area contributed by atoms with Crippen LogP contribution in [0, 0.1) is 140 Å². The second-order valence-electron chi connectivity index (χ2n) is 26.7. The van der Waals surface area contributed by atoms with Crippen LogP contribution in [0.15, 0.2) is 220 Å². The summed E-state index contributed by atoms with van der Waals surface area (Å²) in [5.74, 6) is -4.37. The van der Waals surface area contributed by atoms with Crippen molar-refractivity contribution < 1.29 is 117 Å². The maximum atomic E-state index is 8.39. The summed E-state index contributed by atoms with van der Waals surface area (Å²) in [7, 11) is 0. The maximum absolute atomic E-state index is 8.39. The summed E-state index contributed by atoms with van der Waals surface area (Å²) in [5.41, 5.74) is 13.4. The zero-order chi connectivity index (χ0) is 107. The Kier molecular flexibility index (Phi) is 18.2. The van der Waals surface area contributed by atoms with E-state index in [1.54, 1.807) is 95.4 Å². The van der Waals surface area contributed by atoms with Crippen LogP contribution >= 0.6 is 0 Å². The first-order chi connectivity index (χ1) is 67.7. The predicted molar refractivity (Wildman–Crippen MR) is 466 cm³/mol. The van der Waals surface area contributed by atoms with Gasteiger partial charge in [0.25, 0.3) is 0 Å². The van der Waals surface area contributed by atoms with Gasteiger partial charge in [0.1, 0.15) is 0 Å². The zero-order valence-corrected chi connectivity index (χ0v) is 71.6. The number of pyridine rings is 9. The molecule has 15 heteroatoms. The fourth-order valence-electron chi connectivity index (χ4n) is 12.5. The molecule has 12 heterocycles. The van der Waals surface area contributed by atoms with E-state index in [1.165, 1.54) is 62.0 Å². The number of rotatable bonds is 8. The number of fused-ring (bicyclic) bond motifs is 9. The summed E-state index contributed by atoms with van der Waals surface area (Å²) in [5, 5.41) is 2.82. The van der Waals surface area contributed by atoms with E-state index in [-0.39, 0.29) is 155 Å². The van der Waals surface area contributed by atoms with Gasteiger partial charge in [0.15, 0.2) is 0 Å². The van der Waals surface area contributed by atoms with E-state index >= 15 is 0 Å². The van der Waals surface area contributed by atoms with E-state index < -0.39 is 80.3 Å². The van der Waals surface area contributed by atoms with Crippen LogP contribution in [0.1, 0.15) is 178 Å². The Morgan fingerprint density at radius 1 is 0.316 bits per heavy atom. The minimum absolute atomic E-state index is 0. The molecular formula is C102H93Ir3N9O3-6. The van der Waals surface area contributed by atoms with Gasteiger partial charge in [-0.15, -0.1) is 161 Å². The molecule has 0 amide bonds. The van der Waals surface area contributed by atoms with Gasteiger partial charge in [-0.1, -0.05) is 144 Å². The van der Waals surface area contributed by atoms with Gasteiger partial charge in [-0.25, -0.2) is 15.0 Å². The number of hydrogen-bond donors (Lipinski definition) is 0. The van der Waals surface area contributed by atoms with Crippen LogP contribution in [0.5, 0.6) is 0 Å². The van der Waals surface area contributed by atoms with E-state index in [4.69, 9.17) is 57.1 Å². The molecule has 3 radical (unpaired) electrons. The molecule has 18 aromatic rings. The molecule has 0 aliphatic heterocycles. The smallest absolute Gasteiger partial charge is 0.216 e. The van der Waals surface area contributed by atoms with Gasteiger partial charge in [0, 0.05) is 175 Å². The van der Waals surface area contributed by atoms with Crippen molar-refractivity contribution in [3.63, 3.8) is 0 Å². The van der Waals surface area contributed by atoms with Crippen LogP contribution < -0.4 is 0 Å². The monoisotopic (exact) mass is 2100 g/mol. The van der Waals surface area contributed by atoms with Crippen molar-refractivity contribution in [2.45, 2.75) is 143 Å². The van der Waals surface area contributed by atoms with Crippen molar-refractivity contribution >= 4 is 66.2 Å². The summed E-state index contributed by atoms with van der Waals surface area (Å²) >= 11 is 0. The Labute approximate surface area is 773 Å². The minimum atomic E-state index is -2.81. The van der Waals surface area contributed by atoms with Gasteiger partial charge in [-0.2, -0.15) is 0 Å². The van der Waals surface area contributed by atoms with Crippen molar-refractivity contribution in [3.05, 3.63) is 338 Å². The van der Waals surface area contributed by atoms with Crippen LogP contribution in [0.2, 0.25) is 0 Å². The molecule has 0 spiro atoms. The van der Waals surface area contributed by atoms with E-state index in [9.17, 15) is 0 Å². The molecule has 0 saturated carbocycles. The third-order valence-corrected chi connectivity index (χ3v) is 18.3. The number of nitrogens with zero attached hydrogens (tertiary/aromatic N) is 9.